The zero-order chi connectivity index (χ0) is 12.1. The maximum Gasteiger partial charge on any atom is 0.0271 e. The second-order valence-electron chi connectivity index (χ2n) is 6.14. The maximum atomic E-state index is 2.38. The first-order valence-electron chi connectivity index (χ1n) is 6.10. The molecule has 0 aromatic carbocycles. The van der Waals surface area contributed by atoms with Crippen molar-refractivity contribution in [1.82, 2.24) is 0 Å². The molecule has 0 spiro atoms. The van der Waals surface area contributed by atoms with Crippen LogP contribution in [0, 0.1) is 11.3 Å². The summed E-state index contributed by atoms with van der Waals surface area (Å²) in [6.07, 6.45) is 6.91. The highest BCUT2D eigenvalue weighted by Gasteiger charge is 2.35. The van der Waals surface area contributed by atoms with Crippen molar-refractivity contribution >= 4 is 0 Å². The van der Waals surface area contributed by atoms with Gasteiger partial charge in [-0.1, -0.05) is 55.7 Å². The summed E-state index contributed by atoms with van der Waals surface area (Å²) in [4.78, 5) is 0. The van der Waals surface area contributed by atoms with Crippen LogP contribution in [0.5, 0.6) is 0 Å². The summed E-state index contributed by atoms with van der Waals surface area (Å²) in [6, 6.07) is 0. The van der Waals surface area contributed by atoms with Crippen molar-refractivity contribution in [3.63, 3.8) is 0 Å². The number of allylic oxidation sites excluding steroid dienone is 8. The lowest BCUT2D eigenvalue weighted by atomic mass is 9.72. The molecule has 0 heteroatoms. The van der Waals surface area contributed by atoms with Crippen LogP contribution in [0.4, 0.5) is 0 Å². The molecule has 2 aliphatic carbocycles. The quantitative estimate of drug-likeness (QED) is 0.543. The van der Waals surface area contributed by atoms with E-state index in [1.807, 2.05) is 0 Å². The van der Waals surface area contributed by atoms with Gasteiger partial charge in [0.25, 0.3) is 0 Å². The Kier molecular flexibility index (Phi) is 2.49. The zero-order valence-electron chi connectivity index (χ0n) is 11.3. The van der Waals surface area contributed by atoms with Gasteiger partial charge in [-0.2, -0.15) is 0 Å². The summed E-state index contributed by atoms with van der Waals surface area (Å²) >= 11 is 0. The third-order valence-corrected chi connectivity index (χ3v) is 3.71. The Morgan fingerprint density at radius 1 is 1.00 bits per heavy atom. The molecule has 16 heavy (non-hydrogen) atoms. The van der Waals surface area contributed by atoms with E-state index >= 15 is 0 Å². The van der Waals surface area contributed by atoms with Gasteiger partial charge >= 0.3 is 0 Å². The average molecular weight is 214 g/mol. The van der Waals surface area contributed by atoms with Crippen molar-refractivity contribution in [2.45, 2.75) is 41.5 Å². The molecule has 0 heterocycles. The first-order chi connectivity index (χ1) is 7.32. The predicted molar refractivity (Wildman–Crippen MR) is 71.2 cm³/mol. The van der Waals surface area contributed by atoms with Gasteiger partial charge in [0.1, 0.15) is 0 Å². The van der Waals surface area contributed by atoms with E-state index in [0.717, 1.165) is 0 Å². The van der Waals surface area contributed by atoms with Crippen LogP contribution >= 0.6 is 0 Å². The molecule has 0 N–H and O–H groups in total. The van der Waals surface area contributed by atoms with Gasteiger partial charge in [-0.3, -0.25) is 0 Å². The molecule has 1 atom stereocenters. The Balaban J connectivity index is 2.53. The van der Waals surface area contributed by atoms with Crippen LogP contribution in [-0.2, 0) is 0 Å². The lowest BCUT2D eigenvalue weighted by Crippen LogP contribution is -2.20. The fourth-order valence-electron chi connectivity index (χ4n) is 3.07. The van der Waals surface area contributed by atoms with E-state index in [4.69, 9.17) is 0 Å². The molecular formula is C16H22. The third-order valence-electron chi connectivity index (χ3n) is 3.71. The Morgan fingerprint density at radius 3 is 2.19 bits per heavy atom. The number of hydrogen-bond donors (Lipinski definition) is 0. The van der Waals surface area contributed by atoms with Gasteiger partial charge in [-0.15, -0.1) is 0 Å². The Morgan fingerprint density at radius 2 is 1.62 bits per heavy atom. The van der Waals surface area contributed by atoms with Crippen molar-refractivity contribution < 1.29 is 0 Å². The molecule has 2 aliphatic rings. The van der Waals surface area contributed by atoms with E-state index in [1.54, 1.807) is 5.57 Å². The fourth-order valence-corrected chi connectivity index (χ4v) is 3.07. The van der Waals surface area contributed by atoms with Crippen LogP contribution in [0.2, 0.25) is 0 Å². The minimum Gasteiger partial charge on any atom is -0.0621 e. The first kappa shape index (κ1) is 11.4. The van der Waals surface area contributed by atoms with E-state index < -0.39 is 0 Å². The van der Waals surface area contributed by atoms with E-state index in [9.17, 15) is 0 Å². The van der Waals surface area contributed by atoms with Crippen LogP contribution in [0.15, 0.2) is 46.1 Å². The van der Waals surface area contributed by atoms with Crippen molar-refractivity contribution in [3.05, 3.63) is 46.1 Å². The molecule has 2 rings (SSSR count). The molecule has 0 amide bonds. The largest absolute Gasteiger partial charge is 0.0621 e. The van der Waals surface area contributed by atoms with Crippen LogP contribution in [0.1, 0.15) is 41.5 Å². The van der Waals surface area contributed by atoms with Crippen molar-refractivity contribution in [1.29, 1.82) is 0 Å². The normalized spacial score (nSPS) is 25.1. The minimum atomic E-state index is 0.264. The lowest BCUT2D eigenvalue weighted by molar-refractivity contribution is 0.463. The number of hydrogen-bond acceptors (Lipinski definition) is 0. The molecule has 0 saturated carbocycles. The van der Waals surface area contributed by atoms with Gasteiger partial charge in [-0.25, -0.2) is 0 Å². The molecule has 0 fully saturated rings. The summed E-state index contributed by atoms with van der Waals surface area (Å²) in [7, 11) is 0. The number of fused-ring (bicyclic) bond motifs is 1. The smallest absolute Gasteiger partial charge is 0.0271 e. The van der Waals surface area contributed by atoms with Crippen LogP contribution in [-0.4, -0.2) is 0 Å². The fraction of sp³-hybridized carbons (Fsp3) is 0.500. The summed E-state index contributed by atoms with van der Waals surface area (Å²) in [5, 5.41) is 0. The van der Waals surface area contributed by atoms with Gasteiger partial charge in [0, 0.05) is 5.92 Å². The van der Waals surface area contributed by atoms with Gasteiger partial charge in [0.2, 0.25) is 0 Å². The monoisotopic (exact) mass is 214 g/mol. The zero-order valence-corrected chi connectivity index (χ0v) is 11.3. The van der Waals surface area contributed by atoms with Gasteiger partial charge < -0.3 is 0 Å². The van der Waals surface area contributed by atoms with Crippen molar-refractivity contribution in [2.75, 3.05) is 0 Å². The molecule has 0 nitrogen and oxygen atoms in total. The van der Waals surface area contributed by atoms with Crippen LogP contribution in [0.25, 0.3) is 0 Å². The molecule has 0 aromatic rings. The van der Waals surface area contributed by atoms with E-state index in [2.05, 4.69) is 59.8 Å². The van der Waals surface area contributed by atoms with Crippen molar-refractivity contribution in [2.24, 2.45) is 11.3 Å². The average Bonchev–Trinajstić information content (AvgIpc) is 2.49. The summed E-state index contributed by atoms with van der Waals surface area (Å²) < 4.78 is 0. The van der Waals surface area contributed by atoms with Gasteiger partial charge in [0.05, 0.1) is 0 Å². The third kappa shape index (κ3) is 1.61. The SMILES string of the molecule is CC1=CC=C(C)C2C1=CC(C)=C2C(C)(C)C. The molecule has 0 aliphatic heterocycles. The van der Waals surface area contributed by atoms with Crippen LogP contribution < -0.4 is 0 Å². The molecule has 0 radical (unpaired) electrons. The molecule has 0 saturated heterocycles. The highest BCUT2D eigenvalue weighted by molar-refractivity contribution is 5.58. The maximum absolute atomic E-state index is 2.38. The van der Waals surface area contributed by atoms with E-state index in [-0.39, 0.29) is 5.41 Å². The standard InChI is InChI=1S/C16H22/c1-10-7-8-11(2)14-13(10)9-12(3)15(14)16(4,5)6/h7-9,14H,1-6H3. The van der Waals surface area contributed by atoms with E-state index in [1.165, 1.54) is 22.3 Å². The summed E-state index contributed by atoms with van der Waals surface area (Å²) in [5.41, 5.74) is 7.76. The molecular weight excluding hydrogens is 192 g/mol. The topological polar surface area (TPSA) is 0 Å². The second kappa shape index (κ2) is 3.48. The molecule has 1 unspecified atom stereocenters. The predicted octanol–water partition coefficient (Wildman–Crippen LogP) is 4.81. The van der Waals surface area contributed by atoms with Gasteiger partial charge in [-0.05, 0) is 37.3 Å². The van der Waals surface area contributed by atoms with Crippen LogP contribution in [0.3, 0.4) is 0 Å². The number of rotatable bonds is 0. The minimum absolute atomic E-state index is 0.264. The highest BCUT2D eigenvalue weighted by Crippen LogP contribution is 2.49. The molecule has 86 valence electrons. The van der Waals surface area contributed by atoms with E-state index in [0.29, 0.717) is 5.92 Å². The second-order valence-corrected chi connectivity index (χ2v) is 6.14. The Labute approximate surface area is 99.4 Å². The Hall–Kier alpha value is -1.04. The Bertz CT molecular complexity index is 445. The summed E-state index contributed by atoms with van der Waals surface area (Å²) in [5.74, 6) is 0.546. The molecule has 0 aromatic heterocycles. The highest BCUT2D eigenvalue weighted by atomic mass is 14.4. The lowest BCUT2D eigenvalue weighted by Gasteiger charge is -2.32. The van der Waals surface area contributed by atoms with Gasteiger partial charge in [0.15, 0.2) is 0 Å². The summed E-state index contributed by atoms with van der Waals surface area (Å²) in [6.45, 7) is 13.7. The van der Waals surface area contributed by atoms with Crippen molar-refractivity contribution in [3.8, 4) is 0 Å². The first-order valence-corrected chi connectivity index (χ1v) is 6.10. The molecule has 0 bridgehead atoms.